The van der Waals surface area contributed by atoms with Gasteiger partial charge in [0.15, 0.2) is 17.3 Å². The minimum Gasteiger partial charge on any atom is -0.306 e. The van der Waals surface area contributed by atoms with E-state index >= 15 is 0 Å². The molecule has 0 saturated heterocycles. The highest BCUT2D eigenvalue weighted by Crippen LogP contribution is 2.36. The molecule has 5 rings (SSSR count). The van der Waals surface area contributed by atoms with Gasteiger partial charge in [0, 0.05) is 35.3 Å². The predicted molar refractivity (Wildman–Crippen MR) is 133 cm³/mol. The van der Waals surface area contributed by atoms with Gasteiger partial charge in [-0.3, -0.25) is 19.5 Å². The first-order chi connectivity index (χ1) is 16.8. The Balaban J connectivity index is 1.81. The molecule has 3 aromatic heterocycles. The molecule has 176 valence electrons. The second-order valence-electron chi connectivity index (χ2n) is 7.85. The highest BCUT2D eigenvalue weighted by molar-refractivity contribution is 7.99. The zero-order chi connectivity index (χ0) is 24.9. The molecule has 0 aliphatic heterocycles. The van der Waals surface area contributed by atoms with Gasteiger partial charge in [-0.1, -0.05) is 23.2 Å². The van der Waals surface area contributed by atoms with Crippen molar-refractivity contribution in [2.75, 3.05) is 0 Å². The highest BCUT2D eigenvalue weighted by Gasteiger charge is 2.21. The summed E-state index contributed by atoms with van der Waals surface area (Å²) >= 11 is 13.7. The van der Waals surface area contributed by atoms with Crippen LogP contribution >= 0.6 is 35.0 Å². The Hall–Kier alpha value is -3.54. The van der Waals surface area contributed by atoms with Crippen LogP contribution in [0.1, 0.15) is 30.2 Å². The number of aldehydes is 1. The van der Waals surface area contributed by atoms with Crippen molar-refractivity contribution in [3.8, 4) is 5.82 Å². The number of fused-ring (bicyclic) bond motifs is 2. The smallest absolute Gasteiger partial charge is 0.271 e. The number of halogens is 2. The first kappa shape index (κ1) is 23.2. The van der Waals surface area contributed by atoms with E-state index in [9.17, 15) is 14.9 Å². The number of benzene rings is 2. The molecule has 2 aromatic carbocycles. The lowest BCUT2D eigenvalue weighted by molar-refractivity contribution is -0.384. The molecule has 0 bridgehead atoms. The molecular weight excluding hydrogens is 513 g/mol. The lowest BCUT2D eigenvalue weighted by atomic mass is 10.2. The molecule has 0 unspecified atom stereocenters. The van der Waals surface area contributed by atoms with Gasteiger partial charge in [0.2, 0.25) is 0 Å². The summed E-state index contributed by atoms with van der Waals surface area (Å²) in [6.07, 6.45) is 3.89. The lowest BCUT2D eigenvalue weighted by Gasteiger charge is -2.13. The topological polar surface area (TPSA) is 122 Å². The molecule has 0 atom stereocenters. The number of aromatic nitrogens is 6. The number of nitro benzene ring substituents is 1. The van der Waals surface area contributed by atoms with Crippen molar-refractivity contribution in [3.63, 3.8) is 0 Å². The molecule has 0 aliphatic rings. The van der Waals surface area contributed by atoms with E-state index in [-0.39, 0.29) is 11.7 Å². The molecule has 0 fully saturated rings. The molecular formula is C22H15Cl2N7O3S. The standard InChI is InChI=1S/C22H15Cl2N7O3S/c1-11(2)30-10-25-28-22(30)35-21-20(26-17-6-15(23)16(24)7-18(17)27-21)29-8-12(9-32)14-4-3-13(31(33)34)5-19(14)29/h3-11H,1-2H3. The lowest BCUT2D eigenvalue weighted by Crippen LogP contribution is -2.05. The monoisotopic (exact) mass is 527 g/mol. The van der Waals surface area contributed by atoms with Gasteiger partial charge in [0.05, 0.1) is 31.5 Å². The SMILES string of the molecule is CC(C)n1cnnc1Sc1nc2cc(Cl)c(Cl)cc2nc1-n1cc(C=O)c2ccc([N+](=O)[O-])cc21. The molecule has 0 spiro atoms. The van der Waals surface area contributed by atoms with Gasteiger partial charge in [-0.15, -0.1) is 10.2 Å². The average molecular weight is 528 g/mol. The highest BCUT2D eigenvalue weighted by atomic mass is 35.5. The van der Waals surface area contributed by atoms with Crippen LogP contribution in [0, 0.1) is 10.1 Å². The number of nitro groups is 1. The molecule has 0 aliphatic carbocycles. The minimum absolute atomic E-state index is 0.0920. The van der Waals surface area contributed by atoms with Crippen LogP contribution in [0.25, 0.3) is 27.8 Å². The zero-order valence-corrected chi connectivity index (χ0v) is 20.5. The molecule has 10 nitrogen and oxygen atoms in total. The zero-order valence-electron chi connectivity index (χ0n) is 18.2. The van der Waals surface area contributed by atoms with Crippen LogP contribution in [-0.2, 0) is 0 Å². The number of nitrogens with zero attached hydrogens (tertiary/aromatic N) is 7. The van der Waals surface area contributed by atoms with Crippen LogP contribution in [0.15, 0.2) is 53.0 Å². The summed E-state index contributed by atoms with van der Waals surface area (Å²) in [5, 5.41) is 21.8. The Bertz CT molecular complexity index is 1650. The maximum atomic E-state index is 11.8. The molecule has 3 heterocycles. The normalized spacial score (nSPS) is 11.6. The summed E-state index contributed by atoms with van der Waals surface area (Å²) in [4.78, 5) is 32.3. The number of carbonyl (C=O) groups excluding carboxylic acids is 1. The Morgan fingerprint density at radius 2 is 1.83 bits per heavy atom. The summed E-state index contributed by atoms with van der Waals surface area (Å²) in [6, 6.07) is 7.59. The van der Waals surface area contributed by atoms with Crippen molar-refractivity contribution in [2.24, 2.45) is 0 Å². The number of hydrogen-bond donors (Lipinski definition) is 0. The van der Waals surface area contributed by atoms with E-state index < -0.39 is 4.92 Å². The van der Waals surface area contributed by atoms with E-state index in [0.717, 1.165) is 0 Å². The third kappa shape index (κ3) is 4.11. The van der Waals surface area contributed by atoms with E-state index in [0.29, 0.717) is 59.8 Å². The van der Waals surface area contributed by atoms with Gasteiger partial charge in [-0.2, -0.15) is 0 Å². The van der Waals surface area contributed by atoms with E-state index in [1.165, 1.54) is 23.9 Å². The quantitative estimate of drug-likeness (QED) is 0.151. The van der Waals surface area contributed by atoms with Crippen LogP contribution in [0.4, 0.5) is 5.69 Å². The summed E-state index contributed by atoms with van der Waals surface area (Å²) in [6.45, 7) is 3.99. The summed E-state index contributed by atoms with van der Waals surface area (Å²) in [5.41, 5.74) is 1.63. The van der Waals surface area contributed by atoms with E-state index in [1.54, 1.807) is 35.3 Å². The number of hydrogen-bond acceptors (Lipinski definition) is 8. The second kappa shape index (κ2) is 8.91. The first-order valence-corrected chi connectivity index (χ1v) is 11.8. The van der Waals surface area contributed by atoms with Gasteiger partial charge in [-0.05, 0) is 43.8 Å². The third-order valence-corrected chi connectivity index (χ3v) is 6.99. The molecule has 0 radical (unpaired) electrons. The fourth-order valence-corrected chi connectivity index (χ4v) is 4.94. The van der Waals surface area contributed by atoms with Crippen LogP contribution in [0.5, 0.6) is 0 Å². The Labute approximate surface area is 212 Å². The minimum atomic E-state index is -0.494. The number of rotatable bonds is 6. The van der Waals surface area contributed by atoms with Crippen molar-refractivity contribution < 1.29 is 9.72 Å². The Morgan fingerprint density at radius 3 is 2.49 bits per heavy atom. The molecule has 35 heavy (non-hydrogen) atoms. The van der Waals surface area contributed by atoms with Gasteiger partial charge in [-0.25, -0.2) is 9.97 Å². The van der Waals surface area contributed by atoms with Gasteiger partial charge >= 0.3 is 0 Å². The summed E-state index contributed by atoms with van der Waals surface area (Å²) < 4.78 is 3.49. The predicted octanol–water partition coefficient (Wildman–Crippen LogP) is 5.92. The number of carbonyl (C=O) groups is 1. The summed E-state index contributed by atoms with van der Waals surface area (Å²) in [5.74, 6) is 0.345. The molecule has 0 N–H and O–H groups in total. The van der Waals surface area contributed by atoms with Crippen LogP contribution in [0.2, 0.25) is 10.0 Å². The average Bonchev–Trinajstić information content (AvgIpc) is 3.44. The number of non-ortho nitro benzene ring substituents is 1. The van der Waals surface area contributed by atoms with Crippen LogP contribution in [0.3, 0.4) is 0 Å². The van der Waals surface area contributed by atoms with Crippen molar-refractivity contribution in [1.82, 2.24) is 29.3 Å². The van der Waals surface area contributed by atoms with Crippen molar-refractivity contribution in [2.45, 2.75) is 30.1 Å². The summed E-state index contributed by atoms with van der Waals surface area (Å²) in [7, 11) is 0. The molecule has 13 heteroatoms. The first-order valence-electron chi connectivity index (χ1n) is 10.3. The maximum absolute atomic E-state index is 11.8. The van der Waals surface area contributed by atoms with Gasteiger partial charge in [0.25, 0.3) is 5.69 Å². The van der Waals surface area contributed by atoms with Gasteiger partial charge < -0.3 is 4.57 Å². The Kier molecular flexibility index (Phi) is 5.91. The van der Waals surface area contributed by atoms with E-state index in [2.05, 4.69) is 10.2 Å². The van der Waals surface area contributed by atoms with Crippen molar-refractivity contribution in [3.05, 3.63) is 68.6 Å². The van der Waals surface area contributed by atoms with Gasteiger partial charge in [0.1, 0.15) is 11.4 Å². The maximum Gasteiger partial charge on any atom is 0.271 e. The Morgan fingerprint density at radius 1 is 1.11 bits per heavy atom. The molecule has 5 aromatic rings. The fourth-order valence-electron chi connectivity index (χ4n) is 3.62. The fraction of sp³-hybridized carbons (Fsp3) is 0.136. The second-order valence-corrected chi connectivity index (χ2v) is 9.63. The van der Waals surface area contributed by atoms with Crippen molar-refractivity contribution in [1.29, 1.82) is 0 Å². The third-order valence-electron chi connectivity index (χ3n) is 5.33. The molecule has 0 saturated carbocycles. The van der Waals surface area contributed by atoms with E-state index in [4.69, 9.17) is 33.2 Å². The van der Waals surface area contributed by atoms with Crippen LogP contribution in [-0.4, -0.2) is 40.5 Å². The largest absolute Gasteiger partial charge is 0.306 e. The molecule has 0 amide bonds. The van der Waals surface area contributed by atoms with Crippen molar-refractivity contribution >= 4 is 68.9 Å². The van der Waals surface area contributed by atoms with E-state index in [1.807, 2.05) is 18.4 Å². The van der Waals surface area contributed by atoms with Crippen LogP contribution < -0.4 is 0 Å².